The molecular formula is C43H47N15O8. The highest BCUT2D eigenvalue weighted by Gasteiger charge is 2.37. The van der Waals surface area contributed by atoms with Crippen LogP contribution < -0.4 is 22.6 Å². The van der Waals surface area contributed by atoms with Gasteiger partial charge in [-0.15, -0.1) is 10.2 Å². The molecule has 2 saturated heterocycles. The maximum atomic E-state index is 12.8. The minimum absolute atomic E-state index is 0.0508. The van der Waals surface area contributed by atoms with Crippen molar-refractivity contribution in [3.63, 3.8) is 0 Å². The van der Waals surface area contributed by atoms with Crippen molar-refractivity contribution in [2.45, 2.75) is 101 Å². The Kier molecular flexibility index (Phi) is 12.7. The highest BCUT2D eigenvalue weighted by atomic mass is 16.5. The number of unbranched alkanes of at least 4 members (excludes halogenated alkanes) is 4. The second-order valence-electron chi connectivity index (χ2n) is 16.1. The first-order valence-corrected chi connectivity index (χ1v) is 21.5. The van der Waals surface area contributed by atoms with Crippen molar-refractivity contribution in [3.8, 4) is 35.2 Å². The summed E-state index contributed by atoms with van der Waals surface area (Å²) in [5, 5.41) is 57.3. The second-order valence-corrected chi connectivity index (χ2v) is 16.1. The number of nitrogens with zero attached hydrogens (tertiary/aromatic N) is 11. The van der Waals surface area contributed by atoms with Gasteiger partial charge >= 0.3 is 0 Å². The van der Waals surface area contributed by atoms with Gasteiger partial charge in [0.2, 0.25) is 11.9 Å². The summed E-state index contributed by atoms with van der Waals surface area (Å²) in [6.07, 6.45) is 10.4. The standard InChI is InChI=1S/C43H47N15O8/c44-42-47-38-36(40(63)49-42)24(18-55(38)34-15-29(61)31(22-59)65-34)9-5-1-3-7-11-26-20-57(53-51-26)28-13-14-33(46-17-28)58-21-27(52-54-58)12-8-4-2-6-10-25-19-56(35-16-30(62)32(23-60)66-35)39-37(25)41(64)50-43(45)48-39/h13-14,17-21,29-32,34-35,59-62H,1-4,7-8,11-12,15-16,22-23H2,(H3,44,47,49,63)(H3,45,48,50,64)/t29-,30-,31+,32+,34+,35+/m0/s1. The van der Waals surface area contributed by atoms with Gasteiger partial charge in [-0.25, -0.2) is 14.3 Å². The quantitative estimate of drug-likeness (QED) is 0.0537. The number of rotatable bonds is 14. The molecule has 342 valence electrons. The van der Waals surface area contributed by atoms with Crippen LogP contribution in [-0.2, 0) is 22.3 Å². The number of H-pyrrole nitrogens is 2. The van der Waals surface area contributed by atoms with Crippen LogP contribution in [0.3, 0.4) is 0 Å². The van der Waals surface area contributed by atoms with Crippen molar-refractivity contribution in [1.82, 2.24) is 64.0 Å². The van der Waals surface area contributed by atoms with Crippen molar-refractivity contribution in [1.29, 1.82) is 0 Å². The fourth-order valence-electron chi connectivity index (χ4n) is 8.14. The van der Waals surface area contributed by atoms with Gasteiger partial charge in [-0.2, -0.15) is 9.97 Å². The van der Waals surface area contributed by atoms with Crippen LogP contribution in [-0.4, -0.2) is 122 Å². The number of anilines is 2. The summed E-state index contributed by atoms with van der Waals surface area (Å²) in [6, 6.07) is 3.70. The van der Waals surface area contributed by atoms with E-state index >= 15 is 0 Å². The van der Waals surface area contributed by atoms with E-state index in [1.54, 1.807) is 37.1 Å². The molecule has 6 atom stereocenters. The molecule has 0 saturated carbocycles. The van der Waals surface area contributed by atoms with E-state index in [0.717, 1.165) is 42.8 Å². The van der Waals surface area contributed by atoms with Crippen LogP contribution in [0.15, 0.2) is 52.7 Å². The number of aromatic nitrogens is 13. The zero-order valence-corrected chi connectivity index (χ0v) is 35.5. The Balaban J connectivity index is 0.740. The van der Waals surface area contributed by atoms with E-state index in [1.165, 1.54) is 0 Å². The average Bonchev–Trinajstić information content (AvgIpc) is 4.17. The summed E-state index contributed by atoms with van der Waals surface area (Å²) in [5.74, 6) is 13.0. The van der Waals surface area contributed by atoms with Gasteiger partial charge in [-0.1, -0.05) is 34.1 Å². The number of fused-ring (bicyclic) bond motifs is 2. The van der Waals surface area contributed by atoms with E-state index in [1.807, 2.05) is 24.5 Å². The number of ether oxygens (including phenoxy) is 2. The first-order valence-electron chi connectivity index (χ1n) is 21.5. The maximum Gasteiger partial charge on any atom is 0.263 e. The number of aliphatic hydroxyl groups excluding tert-OH is 4. The average molecular weight is 902 g/mol. The van der Waals surface area contributed by atoms with Crippen LogP contribution in [0.1, 0.15) is 86.3 Å². The zero-order valence-electron chi connectivity index (χ0n) is 35.5. The smallest absolute Gasteiger partial charge is 0.263 e. The van der Waals surface area contributed by atoms with Crippen LogP contribution in [0.25, 0.3) is 33.6 Å². The van der Waals surface area contributed by atoms with E-state index in [4.69, 9.17) is 20.9 Å². The van der Waals surface area contributed by atoms with Crippen LogP contribution in [0, 0.1) is 23.7 Å². The third-order valence-electron chi connectivity index (χ3n) is 11.5. The highest BCUT2D eigenvalue weighted by Crippen LogP contribution is 2.33. The fourth-order valence-corrected chi connectivity index (χ4v) is 8.14. The fraction of sp³-hybridized carbons (Fsp3) is 0.419. The summed E-state index contributed by atoms with van der Waals surface area (Å²) < 4.78 is 18.1. The van der Waals surface area contributed by atoms with Crippen LogP contribution in [0.4, 0.5) is 11.9 Å². The number of hydrogen-bond donors (Lipinski definition) is 8. The van der Waals surface area contributed by atoms with Crippen LogP contribution >= 0.6 is 0 Å². The number of aromatic amines is 2. The van der Waals surface area contributed by atoms with Crippen molar-refractivity contribution in [3.05, 3.63) is 86.3 Å². The number of aliphatic hydroxyl groups is 4. The molecule has 0 aliphatic carbocycles. The zero-order chi connectivity index (χ0) is 45.9. The molecule has 7 aromatic heterocycles. The Hall–Kier alpha value is -7.25. The maximum absolute atomic E-state index is 12.8. The van der Waals surface area contributed by atoms with Gasteiger partial charge in [0.1, 0.15) is 24.7 Å². The van der Waals surface area contributed by atoms with Crippen molar-refractivity contribution in [2.24, 2.45) is 0 Å². The Morgan fingerprint density at radius 2 is 1.20 bits per heavy atom. The van der Waals surface area contributed by atoms with Crippen molar-refractivity contribution in [2.75, 3.05) is 24.7 Å². The van der Waals surface area contributed by atoms with E-state index in [-0.39, 0.29) is 48.7 Å². The minimum Gasteiger partial charge on any atom is -0.394 e. The molecule has 10 N–H and O–H groups in total. The number of pyridine rings is 1. The van der Waals surface area contributed by atoms with E-state index < -0.39 is 48.0 Å². The number of nitrogen functional groups attached to an aromatic ring is 2. The molecule has 0 spiro atoms. The normalized spacial score (nSPS) is 20.5. The SMILES string of the molecule is Nc1nc2c(c(C#CCCCCc3cn(-c4ccc(-n5cc(CCCCC#Cc6cn([C@H]7C[C@H](O)[C@@H](CO)O7)c7nc(N)[nH]c(=O)c67)nn5)nc4)nn3)cn2[C@H]2C[C@H](O)[C@@H](CO)O2)c(=O)[nH]1. The van der Waals surface area contributed by atoms with Gasteiger partial charge in [0, 0.05) is 38.1 Å². The minimum atomic E-state index is -0.860. The van der Waals surface area contributed by atoms with Gasteiger partial charge in [0.25, 0.3) is 11.1 Å². The predicted molar refractivity (Wildman–Crippen MR) is 236 cm³/mol. The summed E-state index contributed by atoms with van der Waals surface area (Å²) in [6.45, 7) is -0.671. The van der Waals surface area contributed by atoms with E-state index in [0.29, 0.717) is 53.9 Å². The monoisotopic (exact) mass is 901 g/mol. The molecule has 9 rings (SSSR count). The number of aryl methyl sites for hydroxylation is 2. The molecule has 0 unspecified atom stereocenters. The van der Waals surface area contributed by atoms with Gasteiger partial charge in [0.05, 0.1) is 83.0 Å². The summed E-state index contributed by atoms with van der Waals surface area (Å²) in [7, 11) is 0. The van der Waals surface area contributed by atoms with Crippen LogP contribution in [0.5, 0.6) is 0 Å². The molecule has 2 aliphatic heterocycles. The van der Waals surface area contributed by atoms with Gasteiger partial charge in [-0.3, -0.25) is 19.6 Å². The Bertz CT molecular complexity index is 2900. The molecule has 7 aromatic rings. The lowest BCUT2D eigenvalue weighted by Gasteiger charge is -2.14. The van der Waals surface area contributed by atoms with Crippen molar-refractivity contribution < 1.29 is 29.9 Å². The van der Waals surface area contributed by atoms with Crippen molar-refractivity contribution >= 4 is 34.0 Å². The first-order chi connectivity index (χ1) is 32.1. The second kappa shape index (κ2) is 19.1. The number of nitrogens with two attached hydrogens (primary N) is 2. The number of nitrogens with one attached hydrogen (secondary N) is 2. The lowest BCUT2D eigenvalue weighted by atomic mass is 10.1. The Labute approximate surface area is 374 Å². The largest absolute Gasteiger partial charge is 0.394 e. The summed E-state index contributed by atoms with van der Waals surface area (Å²) in [5.41, 5.74) is 14.7. The number of hydrogen-bond acceptors (Lipinski definition) is 17. The topological polar surface area (TPSA) is 327 Å². The third kappa shape index (κ3) is 9.16. The Morgan fingerprint density at radius 3 is 1.67 bits per heavy atom. The first kappa shape index (κ1) is 44.0. The third-order valence-corrected chi connectivity index (χ3v) is 11.5. The molecule has 0 aromatic carbocycles. The molecule has 0 amide bonds. The highest BCUT2D eigenvalue weighted by molar-refractivity contribution is 5.84. The molecule has 9 heterocycles. The predicted octanol–water partition coefficient (Wildman–Crippen LogP) is 0.294. The van der Waals surface area contributed by atoms with E-state index in [2.05, 4.69) is 69.2 Å². The molecule has 23 nitrogen and oxygen atoms in total. The summed E-state index contributed by atoms with van der Waals surface area (Å²) in [4.78, 5) is 43.9. The molecule has 23 heteroatoms. The lowest BCUT2D eigenvalue weighted by molar-refractivity contribution is -0.0430. The molecule has 2 fully saturated rings. The molecule has 0 radical (unpaired) electrons. The Morgan fingerprint density at radius 1 is 0.697 bits per heavy atom. The molecular weight excluding hydrogens is 855 g/mol. The van der Waals surface area contributed by atoms with Gasteiger partial charge in [-0.05, 0) is 50.7 Å². The van der Waals surface area contributed by atoms with E-state index in [9.17, 15) is 30.0 Å². The van der Waals surface area contributed by atoms with Crippen LogP contribution in [0.2, 0.25) is 0 Å². The summed E-state index contributed by atoms with van der Waals surface area (Å²) >= 11 is 0. The molecule has 66 heavy (non-hydrogen) atoms. The molecule has 2 aliphatic rings. The van der Waals surface area contributed by atoms with Gasteiger partial charge in [0.15, 0.2) is 17.1 Å². The van der Waals surface area contributed by atoms with Gasteiger partial charge < -0.3 is 50.5 Å². The molecule has 0 bridgehead atoms. The lowest BCUT2D eigenvalue weighted by Crippen LogP contribution is -2.24.